The van der Waals surface area contributed by atoms with Crippen molar-refractivity contribution < 1.29 is 28.3 Å². The number of carbonyl (C=O) groups is 3. The zero-order chi connectivity index (χ0) is 23.5. The SMILES string of the molecule is COc1ccc2c(COC(=O)[C@H](CCSC)N3C(=O)[C@H]4CCCC[C@H]4C3=O)cc(=O)oc2c1. The van der Waals surface area contributed by atoms with Crippen LogP contribution in [0.1, 0.15) is 37.7 Å². The molecule has 1 aromatic carbocycles. The van der Waals surface area contributed by atoms with Gasteiger partial charge in [0, 0.05) is 23.1 Å². The van der Waals surface area contributed by atoms with Gasteiger partial charge in [-0.15, -0.1) is 0 Å². The number of imide groups is 1. The summed E-state index contributed by atoms with van der Waals surface area (Å²) in [6, 6.07) is 5.35. The highest BCUT2D eigenvalue weighted by atomic mass is 32.2. The molecule has 1 aliphatic carbocycles. The van der Waals surface area contributed by atoms with E-state index in [1.54, 1.807) is 18.2 Å². The Morgan fingerprint density at radius 3 is 2.48 bits per heavy atom. The number of rotatable bonds is 8. The van der Waals surface area contributed by atoms with E-state index in [1.807, 2.05) is 6.26 Å². The summed E-state index contributed by atoms with van der Waals surface area (Å²) >= 11 is 1.53. The predicted octanol–water partition coefficient (Wildman–Crippen LogP) is 3.14. The molecule has 2 fully saturated rings. The molecule has 4 rings (SSSR count). The van der Waals surface area contributed by atoms with Crippen LogP contribution in [0.15, 0.2) is 33.5 Å². The van der Waals surface area contributed by atoms with Crippen LogP contribution in [0.4, 0.5) is 0 Å². The van der Waals surface area contributed by atoms with E-state index in [2.05, 4.69) is 0 Å². The summed E-state index contributed by atoms with van der Waals surface area (Å²) in [5.41, 5.74) is 0.226. The number of likely N-dealkylation sites (tertiary alicyclic amines) is 1. The standard InChI is InChI=1S/C24H27NO7S/c1-30-15-7-8-16-14(11-21(26)32-20(16)12-15)13-31-24(29)19(9-10-33-2)25-22(27)17-5-3-4-6-18(17)23(25)28/h7-8,11-12,17-19H,3-6,9-10,13H2,1-2H3/t17-,18+,19-/m0/s1. The molecule has 0 bridgehead atoms. The Morgan fingerprint density at radius 2 is 1.85 bits per heavy atom. The second-order valence-corrected chi connectivity index (χ2v) is 9.39. The van der Waals surface area contributed by atoms with Crippen molar-refractivity contribution in [3.8, 4) is 5.75 Å². The molecule has 1 aromatic heterocycles. The van der Waals surface area contributed by atoms with Gasteiger partial charge in [-0.25, -0.2) is 9.59 Å². The van der Waals surface area contributed by atoms with Gasteiger partial charge in [-0.2, -0.15) is 11.8 Å². The molecule has 176 valence electrons. The summed E-state index contributed by atoms with van der Waals surface area (Å²) in [5.74, 6) is -0.675. The first-order valence-corrected chi connectivity index (χ1v) is 12.5. The lowest BCUT2D eigenvalue weighted by molar-refractivity contribution is -0.159. The third kappa shape index (κ3) is 4.64. The first kappa shape index (κ1) is 23.4. The van der Waals surface area contributed by atoms with Gasteiger partial charge in [0.05, 0.1) is 18.9 Å². The minimum atomic E-state index is -0.963. The van der Waals surface area contributed by atoms with E-state index in [-0.39, 0.29) is 30.3 Å². The van der Waals surface area contributed by atoms with Gasteiger partial charge in [-0.1, -0.05) is 12.8 Å². The van der Waals surface area contributed by atoms with Gasteiger partial charge in [0.25, 0.3) is 0 Å². The third-order valence-electron chi connectivity index (χ3n) is 6.46. The fourth-order valence-corrected chi connectivity index (χ4v) is 5.24. The molecule has 2 aliphatic rings. The third-order valence-corrected chi connectivity index (χ3v) is 7.11. The number of thioether (sulfide) groups is 1. The maximum absolute atomic E-state index is 13.1. The number of amides is 2. The molecule has 2 heterocycles. The van der Waals surface area contributed by atoms with Crippen molar-refractivity contribution in [2.24, 2.45) is 11.8 Å². The van der Waals surface area contributed by atoms with Crippen LogP contribution in [0, 0.1) is 11.8 Å². The lowest BCUT2D eigenvalue weighted by Crippen LogP contribution is -2.46. The van der Waals surface area contributed by atoms with Crippen molar-refractivity contribution in [1.29, 1.82) is 0 Å². The summed E-state index contributed by atoms with van der Waals surface area (Å²) in [4.78, 5) is 52.4. The zero-order valence-electron chi connectivity index (χ0n) is 18.7. The fraction of sp³-hybridized carbons (Fsp3) is 0.500. The van der Waals surface area contributed by atoms with Crippen molar-refractivity contribution in [3.63, 3.8) is 0 Å². The van der Waals surface area contributed by atoms with E-state index < -0.39 is 17.6 Å². The van der Waals surface area contributed by atoms with Crippen molar-refractivity contribution >= 4 is 40.5 Å². The second kappa shape index (κ2) is 9.99. The summed E-state index contributed by atoms with van der Waals surface area (Å²) in [5, 5.41) is 0.614. The normalized spacial score (nSPS) is 21.2. The lowest BCUT2D eigenvalue weighted by atomic mass is 9.81. The summed E-state index contributed by atoms with van der Waals surface area (Å²) < 4.78 is 16.0. The Labute approximate surface area is 195 Å². The second-order valence-electron chi connectivity index (χ2n) is 8.40. The summed E-state index contributed by atoms with van der Waals surface area (Å²) in [6.07, 6.45) is 5.44. The number of hydrogen-bond acceptors (Lipinski definition) is 8. The largest absolute Gasteiger partial charge is 0.497 e. The molecule has 1 saturated heterocycles. The highest BCUT2D eigenvalue weighted by molar-refractivity contribution is 7.98. The number of esters is 1. The Morgan fingerprint density at radius 1 is 1.15 bits per heavy atom. The number of benzene rings is 1. The summed E-state index contributed by atoms with van der Waals surface area (Å²) in [7, 11) is 1.51. The molecular formula is C24H27NO7S. The quantitative estimate of drug-likeness (QED) is 0.327. The lowest BCUT2D eigenvalue weighted by Gasteiger charge is -2.25. The average molecular weight is 474 g/mol. The van der Waals surface area contributed by atoms with Gasteiger partial charge in [0.2, 0.25) is 11.8 Å². The highest BCUT2D eigenvalue weighted by Gasteiger charge is 2.52. The fourth-order valence-electron chi connectivity index (χ4n) is 4.78. The van der Waals surface area contributed by atoms with Crippen LogP contribution in [0.3, 0.4) is 0 Å². The molecule has 0 unspecified atom stereocenters. The first-order chi connectivity index (χ1) is 15.9. The van der Waals surface area contributed by atoms with Crippen molar-refractivity contribution in [1.82, 2.24) is 4.90 Å². The van der Waals surface area contributed by atoms with Gasteiger partial charge in [0.15, 0.2) is 0 Å². The van der Waals surface area contributed by atoms with E-state index in [1.165, 1.54) is 24.9 Å². The van der Waals surface area contributed by atoms with Crippen molar-refractivity contribution in [2.75, 3.05) is 19.1 Å². The van der Waals surface area contributed by atoms with E-state index in [0.29, 0.717) is 47.3 Å². The molecule has 1 aliphatic heterocycles. The van der Waals surface area contributed by atoms with Crippen LogP contribution >= 0.6 is 11.8 Å². The van der Waals surface area contributed by atoms with Crippen LogP contribution in [-0.2, 0) is 25.7 Å². The molecule has 0 radical (unpaired) electrons. The van der Waals surface area contributed by atoms with Crippen LogP contribution in [0.25, 0.3) is 11.0 Å². The molecule has 8 nitrogen and oxygen atoms in total. The number of hydrogen-bond donors (Lipinski definition) is 0. The number of fused-ring (bicyclic) bond motifs is 2. The molecule has 3 atom stereocenters. The first-order valence-electron chi connectivity index (χ1n) is 11.1. The number of methoxy groups -OCH3 is 1. The van der Waals surface area contributed by atoms with Crippen LogP contribution in [0.5, 0.6) is 5.75 Å². The predicted molar refractivity (Wildman–Crippen MR) is 123 cm³/mol. The molecule has 1 saturated carbocycles. The topological polar surface area (TPSA) is 103 Å². The van der Waals surface area contributed by atoms with E-state index >= 15 is 0 Å². The Kier molecular flexibility index (Phi) is 7.07. The Hall–Kier alpha value is -2.81. The van der Waals surface area contributed by atoms with Gasteiger partial charge in [-0.3, -0.25) is 14.5 Å². The van der Waals surface area contributed by atoms with Crippen molar-refractivity contribution in [3.05, 3.63) is 40.2 Å². The molecule has 0 N–H and O–H groups in total. The molecule has 0 spiro atoms. The maximum Gasteiger partial charge on any atom is 0.336 e. The smallest absolute Gasteiger partial charge is 0.336 e. The monoisotopic (exact) mass is 473 g/mol. The average Bonchev–Trinajstić information content (AvgIpc) is 3.07. The van der Waals surface area contributed by atoms with E-state index in [0.717, 1.165) is 17.7 Å². The van der Waals surface area contributed by atoms with Crippen molar-refractivity contribution in [2.45, 2.75) is 44.8 Å². The minimum absolute atomic E-state index is 0.174. The highest BCUT2D eigenvalue weighted by Crippen LogP contribution is 2.39. The zero-order valence-corrected chi connectivity index (χ0v) is 19.5. The molecular weight excluding hydrogens is 446 g/mol. The van der Waals surface area contributed by atoms with Gasteiger partial charge >= 0.3 is 11.6 Å². The Bertz CT molecular complexity index is 1100. The van der Waals surface area contributed by atoms with Gasteiger partial charge in [-0.05, 0) is 43.4 Å². The van der Waals surface area contributed by atoms with E-state index in [4.69, 9.17) is 13.9 Å². The van der Waals surface area contributed by atoms with Crippen LogP contribution < -0.4 is 10.4 Å². The van der Waals surface area contributed by atoms with Crippen LogP contribution in [-0.4, -0.2) is 47.8 Å². The van der Waals surface area contributed by atoms with Crippen LogP contribution in [0.2, 0.25) is 0 Å². The minimum Gasteiger partial charge on any atom is -0.497 e. The number of ether oxygens (including phenoxy) is 2. The summed E-state index contributed by atoms with van der Waals surface area (Å²) in [6.45, 7) is -0.174. The molecule has 2 aromatic rings. The number of nitrogens with zero attached hydrogens (tertiary/aromatic N) is 1. The molecule has 33 heavy (non-hydrogen) atoms. The van der Waals surface area contributed by atoms with E-state index in [9.17, 15) is 19.2 Å². The Balaban J connectivity index is 1.56. The number of carbonyl (C=O) groups excluding carboxylic acids is 3. The molecule has 2 amide bonds. The van der Waals surface area contributed by atoms with Gasteiger partial charge in [0.1, 0.15) is 24.0 Å². The molecule has 9 heteroatoms. The van der Waals surface area contributed by atoms with Gasteiger partial charge < -0.3 is 13.9 Å². The maximum atomic E-state index is 13.1.